The number of carbonyl (C=O) groups excluding carboxylic acids is 2. The smallest absolute Gasteiger partial charge is 0.289 e. The van der Waals surface area contributed by atoms with Crippen molar-refractivity contribution >= 4 is 24.1 Å². The van der Waals surface area contributed by atoms with Crippen molar-refractivity contribution in [2.45, 2.75) is 6.92 Å². The molecule has 9 heteroatoms. The summed E-state index contributed by atoms with van der Waals surface area (Å²) in [7, 11) is 0. The molecule has 2 amide bonds. The average molecular weight is 384 g/mol. The number of hydrogen-bond acceptors (Lipinski definition) is 7. The first-order chi connectivity index (χ1) is 13.6. The van der Waals surface area contributed by atoms with Crippen molar-refractivity contribution in [2.24, 2.45) is 0 Å². The number of furan rings is 1. The van der Waals surface area contributed by atoms with Crippen LogP contribution < -0.4 is 9.80 Å². The quantitative estimate of drug-likeness (QED) is 0.714. The lowest BCUT2D eigenvalue weighted by Crippen LogP contribution is -2.49. The van der Waals surface area contributed by atoms with Crippen LogP contribution in [0.3, 0.4) is 0 Å². The number of nitrogens with zero attached hydrogens (tertiary/aromatic N) is 6. The minimum atomic E-state index is -0.0800. The van der Waals surface area contributed by atoms with E-state index in [9.17, 15) is 9.59 Å². The highest BCUT2D eigenvalue weighted by Crippen LogP contribution is 2.20. The van der Waals surface area contributed by atoms with E-state index in [1.54, 1.807) is 21.9 Å². The normalized spacial score (nSPS) is 17.8. The number of amides is 2. The van der Waals surface area contributed by atoms with Gasteiger partial charge >= 0.3 is 0 Å². The molecule has 28 heavy (non-hydrogen) atoms. The maximum absolute atomic E-state index is 12.4. The highest BCUT2D eigenvalue weighted by Gasteiger charge is 2.26. The fraction of sp³-hybridized carbons (Fsp3) is 0.474. The number of rotatable bonds is 4. The van der Waals surface area contributed by atoms with E-state index in [0.717, 1.165) is 31.0 Å². The molecule has 0 radical (unpaired) electrons. The summed E-state index contributed by atoms with van der Waals surface area (Å²) < 4.78 is 5.21. The molecule has 2 saturated heterocycles. The zero-order valence-corrected chi connectivity index (χ0v) is 16.0. The van der Waals surface area contributed by atoms with Gasteiger partial charge in [-0.05, 0) is 19.1 Å². The molecule has 0 unspecified atom stereocenters. The van der Waals surface area contributed by atoms with Crippen LogP contribution in [0.5, 0.6) is 0 Å². The Labute approximate surface area is 163 Å². The first kappa shape index (κ1) is 18.3. The predicted molar refractivity (Wildman–Crippen MR) is 103 cm³/mol. The van der Waals surface area contributed by atoms with Crippen molar-refractivity contribution < 1.29 is 14.0 Å². The summed E-state index contributed by atoms with van der Waals surface area (Å²) in [5, 5.41) is 0. The average Bonchev–Trinajstić information content (AvgIpc) is 3.28. The van der Waals surface area contributed by atoms with Gasteiger partial charge in [-0.2, -0.15) is 4.98 Å². The zero-order valence-electron chi connectivity index (χ0n) is 16.0. The molecule has 9 nitrogen and oxygen atoms in total. The van der Waals surface area contributed by atoms with E-state index in [0.29, 0.717) is 51.0 Å². The molecule has 0 aromatic carbocycles. The molecule has 2 aliphatic heterocycles. The van der Waals surface area contributed by atoms with Crippen LogP contribution in [0.15, 0.2) is 28.9 Å². The molecule has 0 bridgehead atoms. The molecule has 2 aromatic heterocycles. The Morgan fingerprint density at radius 3 is 2.39 bits per heavy atom. The highest BCUT2D eigenvalue weighted by molar-refractivity contribution is 5.91. The minimum absolute atomic E-state index is 0.0800. The van der Waals surface area contributed by atoms with Gasteiger partial charge in [-0.1, -0.05) is 0 Å². The van der Waals surface area contributed by atoms with Gasteiger partial charge in [0.25, 0.3) is 5.91 Å². The number of aryl methyl sites for hydroxylation is 1. The van der Waals surface area contributed by atoms with Gasteiger partial charge in [0.05, 0.1) is 6.26 Å². The van der Waals surface area contributed by atoms with Gasteiger partial charge < -0.3 is 24.0 Å². The van der Waals surface area contributed by atoms with E-state index in [1.165, 1.54) is 6.26 Å². The second-order valence-electron chi connectivity index (χ2n) is 7.05. The van der Waals surface area contributed by atoms with E-state index >= 15 is 0 Å². The third-order valence-electron chi connectivity index (χ3n) is 5.20. The molecule has 0 atom stereocenters. The van der Waals surface area contributed by atoms with E-state index in [1.807, 2.05) is 13.0 Å². The van der Waals surface area contributed by atoms with Crippen LogP contribution in [0.1, 0.15) is 16.2 Å². The first-order valence-electron chi connectivity index (χ1n) is 9.52. The van der Waals surface area contributed by atoms with Crippen LogP contribution in [0.2, 0.25) is 0 Å². The number of aromatic nitrogens is 2. The predicted octanol–water partition coefficient (Wildman–Crippen LogP) is 0.619. The largest absolute Gasteiger partial charge is 0.459 e. The second kappa shape index (κ2) is 7.87. The SMILES string of the molecule is Cc1cc(N2CCN(C=O)CC2)nc(N2CCN(C(=O)c3ccco3)CC2)n1. The van der Waals surface area contributed by atoms with E-state index < -0.39 is 0 Å². The van der Waals surface area contributed by atoms with Crippen LogP contribution in [-0.2, 0) is 4.79 Å². The maximum Gasteiger partial charge on any atom is 0.289 e. The van der Waals surface area contributed by atoms with E-state index in [4.69, 9.17) is 9.40 Å². The summed E-state index contributed by atoms with van der Waals surface area (Å²) in [5.74, 6) is 1.88. The molecule has 148 valence electrons. The Hall–Kier alpha value is -3.10. The van der Waals surface area contributed by atoms with Crippen molar-refractivity contribution in [3.63, 3.8) is 0 Å². The van der Waals surface area contributed by atoms with Gasteiger partial charge in [0.1, 0.15) is 5.82 Å². The van der Waals surface area contributed by atoms with Gasteiger partial charge in [-0.25, -0.2) is 4.98 Å². The maximum atomic E-state index is 12.4. The second-order valence-corrected chi connectivity index (χ2v) is 7.05. The lowest BCUT2D eigenvalue weighted by molar-refractivity contribution is -0.118. The Morgan fingerprint density at radius 2 is 1.75 bits per heavy atom. The summed E-state index contributed by atoms with van der Waals surface area (Å²) in [6, 6.07) is 5.40. The number of hydrogen-bond donors (Lipinski definition) is 0. The number of piperazine rings is 2. The molecule has 0 N–H and O–H groups in total. The van der Waals surface area contributed by atoms with Crippen LogP contribution in [-0.4, -0.2) is 84.4 Å². The summed E-state index contributed by atoms with van der Waals surface area (Å²) in [5.41, 5.74) is 0.909. The number of anilines is 2. The van der Waals surface area contributed by atoms with Gasteiger partial charge in [0.15, 0.2) is 5.76 Å². The van der Waals surface area contributed by atoms with Crippen molar-refractivity contribution in [1.82, 2.24) is 19.8 Å². The first-order valence-corrected chi connectivity index (χ1v) is 9.52. The van der Waals surface area contributed by atoms with Crippen LogP contribution in [0, 0.1) is 6.92 Å². The molecule has 4 heterocycles. The Kier molecular flexibility index (Phi) is 5.14. The fourth-order valence-electron chi connectivity index (χ4n) is 3.56. The molecular formula is C19H24N6O3. The zero-order chi connectivity index (χ0) is 19.5. The van der Waals surface area contributed by atoms with Crippen molar-refractivity contribution in [1.29, 1.82) is 0 Å². The van der Waals surface area contributed by atoms with Crippen LogP contribution in [0.4, 0.5) is 11.8 Å². The monoisotopic (exact) mass is 384 g/mol. The molecule has 0 saturated carbocycles. The third kappa shape index (κ3) is 3.78. The van der Waals surface area contributed by atoms with Gasteiger partial charge in [-0.3, -0.25) is 9.59 Å². The van der Waals surface area contributed by atoms with E-state index in [-0.39, 0.29) is 5.91 Å². The Bertz CT molecular complexity index is 824. The number of carbonyl (C=O) groups is 2. The van der Waals surface area contributed by atoms with E-state index in [2.05, 4.69) is 14.8 Å². The molecule has 2 aromatic rings. The molecule has 2 aliphatic rings. The van der Waals surface area contributed by atoms with Crippen LogP contribution >= 0.6 is 0 Å². The van der Waals surface area contributed by atoms with Gasteiger partial charge in [0, 0.05) is 64.1 Å². The summed E-state index contributed by atoms with van der Waals surface area (Å²) >= 11 is 0. The Balaban J connectivity index is 1.42. The lowest BCUT2D eigenvalue weighted by atomic mass is 10.3. The molecule has 4 rings (SSSR count). The molecule has 0 aliphatic carbocycles. The van der Waals surface area contributed by atoms with Crippen molar-refractivity contribution in [3.8, 4) is 0 Å². The van der Waals surface area contributed by atoms with Crippen molar-refractivity contribution in [3.05, 3.63) is 35.9 Å². The molecule has 2 fully saturated rings. The van der Waals surface area contributed by atoms with Gasteiger partial charge in [-0.15, -0.1) is 0 Å². The highest BCUT2D eigenvalue weighted by atomic mass is 16.3. The van der Waals surface area contributed by atoms with Crippen molar-refractivity contribution in [2.75, 3.05) is 62.2 Å². The lowest BCUT2D eigenvalue weighted by Gasteiger charge is -2.36. The summed E-state index contributed by atoms with van der Waals surface area (Å²) in [4.78, 5) is 40.6. The third-order valence-corrected chi connectivity index (χ3v) is 5.20. The minimum Gasteiger partial charge on any atom is -0.459 e. The topological polar surface area (TPSA) is 86.0 Å². The fourth-order valence-corrected chi connectivity index (χ4v) is 3.56. The Morgan fingerprint density at radius 1 is 1.04 bits per heavy atom. The molecule has 0 spiro atoms. The van der Waals surface area contributed by atoms with Gasteiger partial charge in [0.2, 0.25) is 12.4 Å². The standard InChI is InChI=1S/C19H24N6O3/c1-15-13-17(23-6-4-22(14-26)5-7-23)21-19(20-15)25-10-8-24(9-11-25)18(27)16-3-2-12-28-16/h2-3,12-14H,4-11H2,1H3. The summed E-state index contributed by atoms with van der Waals surface area (Å²) in [6.07, 6.45) is 2.41. The van der Waals surface area contributed by atoms with Crippen LogP contribution in [0.25, 0.3) is 0 Å². The summed E-state index contributed by atoms with van der Waals surface area (Å²) in [6.45, 7) is 7.45. The molecular weight excluding hydrogens is 360 g/mol.